The third-order valence-corrected chi connectivity index (χ3v) is 11.7. The van der Waals surface area contributed by atoms with Gasteiger partial charge in [0, 0.05) is 32.4 Å². The van der Waals surface area contributed by atoms with Crippen LogP contribution in [-0.4, -0.2) is 4.57 Å². The average Bonchev–Trinajstić information content (AvgIpc) is 3.40. The molecule has 0 aliphatic heterocycles. The first-order chi connectivity index (χ1) is 21.1. The second-order valence-electron chi connectivity index (χ2n) is 11.5. The van der Waals surface area contributed by atoms with Gasteiger partial charge >= 0.3 is 0 Å². The number of benzene rings is 5. The van der Waals surface area contributed by atoms with Gasteiger partial charge in [-0.1, -0.05) is 131 Å². The molecule has 0 fully saturated rings. The van der Waals surface area contributed by atoms with E-state index >= 15 is 4.57 Å². The summed E-state index contributed by atoms with van der Waals surface area (Å²) in [6.45, 7) is 6.15. The van der Waals surface area contributed by atoms with Crippen LogP contribution in [0.2, 0.25) is 0 Å². The maximum Gasteiger partial charge on any atom is 0.171 e. The fourth-order valence-electron chi connectivity index (χ4n) is 6.28. The lowest BCUT2D eigenvalue weighted by Gasteiger charge is -2.21. The molecule has 0 N–H and O–H groups in total. The summed E-state index contributed by atoms with van der Waals surface area (Å²) in [6, 6.07) is 41.8. The molecule has 6 aromatic rings. The van der Waals surface area contributed by atoms with Gasteiger partial charge in [0.1, 0.15) is 0 Å². The van der Waals surface area contributed by atoms with Gasteiger partial charge < -0.3 is 9.13 Å². The Morgan fingerprint density at radius 3 is 1.95 bits per heavy atom. The van der Waals surface area contributed by atoms with Gasteiger partial charge in [-0.15, -0.1) is 0 Å². The van der Waals surface area contributed by atoms with Crippen molar-refractivity contribution in [2.24, 2.45) is 0 Å². The molecule has 1 atom stereocenters. The monoisotopic (exact) mass is 581 g/mol. The van der Waals surface area contributed by atoms with E-state index in [-0.39, 0.29) is 0 Å². The third-order valence-electron chi connectivity index (χ3n) is 8.64. The normalized spacial score (nSPS) is 12.9. The molecule has 0 radical (unpaired) electrons. The van der Waals surface area contributed by atoms with Crippen molar-refractivity contribution in [1.82, 2.24) is 4.57 Å². The van der Waals surface area contributed by atoms with Crippen LogP contribution in [0, 0.1) is 0 Å². The van der Waals surface area contributed by atoms with Gasteiger partial charge in [-0.2, -0.15) is 0 Å². The van der Waals surface area contributed by atoms with E-state index in [9.17, 15) is 0 Å². The standard InChI is InChI=1S/C40H40NOP/c1-3-5-6-7-8-10-15-32-22-29-40-38(30-32)37-18-13-14-19-39(37)41(40)33-23-27-36(28-24-33)43(42,34-16-11-9-12-17-34)35-25-20-31(4-2)21-26-35/h4,9,11-14,16-30H,2-3,5-8,10,15H2,1H3. The van der Waals surface area contributed by atoms with E-state index in [1.807, 2.05) is 60.7 Å². The number of hydrogen-bond acceptors (Lipinski definition) is 1. The van der Waals surface area contributed by atoms with E-state index in [0.717, 1.165) is 33.6 Å². The summed E-state index contributed by atoms with van der Waals surface area (Å²) in [7, 11) is -3.07. The van der Waals surface area contributed by atoms with Gasteiger partial charge in [0.15, 0.2) is 7.14 Å². The molecule has 0 saturated carbocycles. The maximum absolute atomic E-state index is 15.0. The van der Waals surface area contributed by atoms with Crippen molar-refractivity contribution in [3.8, 4) is 5.69 Å². The maximum atomic E-state index is 15.0. The van der Waals surface area contributed by atoms with Gasteiger partial charge in [0.25, 0.3) is 0 Å². The van der Waals surface area contributed by atoms with Crippen molar-refractivity contribution in [2.75, 3.05) is 0 Å². The minimum atomic E-state index is -3.07. The predicted octanol–water partition coefficient (Wildman–Crippen LogP) is 9.97. The number of para-hydroxylation sites is 1. The molecule has 3 heteroatoms. The molecule has 0 spiro atoms. The fourth-order valence-corrected chi connectivity index (χ4v) is 8.90. The second kappa shape index (κ2) is 13.0. The van der Waals surface area contributed by atoms with Crippen LogP contribution in [0.3, 0.4) is 0 Å². The smallest absolute Gasteiger partial charge is 0.171 e. The molecule has 43 heavy (non-hydrogen) atoms. The van der Waals surface area contributed by atoms with E-state index < -0.39 is 7.14 Å². The molecule has 1 heterocycles. The Morgan fingerprint density at radius 1 is 0.628 bits per heavy atom. The van der Waals surface area contributed by atoms with Crippen LogP contribution in [0.5, 0.6) is 0 Å². The van der Waals surface area contributed by atoms with Crippen molar-refractivity contribution < 1.29 is 4.57 Å². The zero-order valence-corrected chi connectivity index (χ0v) is 26.0. The second-order valence-corrected chi connectivity index (χ2v) is 14.2. The SMILES string of the molecule is C=Cc1ccc(P(=O)(c2ccccc2)c2ccc(-n3c4ccccc4c4cc(CCCCCCCC)ccc43)cc2)cc1. The first kappa shape index (κ1) is 29.0. The summed E-state index contributed by atoms with van der Waals surface area (Å²) < 4.78 is 17.3. The molecule has 216 valence electrons. The summed E-state index contributed by atoms with van der Waals surface area (Å²) in [4.78, 5) is 0. The van der Waals surface area contributed by atoms with Crippen molar-refractivity contribution in [3.63, 3.8) is 0 Å². The largest absolute Gasteiger partial charge is 0.309 e. The Labute approximate surface area is 256 Å². The van der Waals surface area contributed by atoms with Gasteiger partial charge in [-0.3, -0.25) is 0 Å². The molecule has 0 bridgehead atoms. The van der Waals surface area contributed by atoms with Gasteiger partial charge in [0.2, 0.25) is 0 Å². The van der Waals surface area contributed by atoms with E-state index in [1.54, 1.807) is 0 Å². The zero-order chi connectivity index (χ0) is 29.6. The number of aryl methyl sites for hydroxylation is 1. The van der Waals surface area contributed by atoms with Gasteiger partial charge in [-0.05, 0) is 66.4 Å². The Bertz CT molecular complexity index is 1880. The predicted molar refractivity (Wildman–Crippen MR) is 187 cm³/mol. The van der Waals surface area contributed by atoms with E-state index in [2.05, 4.69) is 84.8 Å². The first-order valence-corrected chi connectivity index (χ1v) is 17.4. The molecule has 1 aromatic heterocycles. The first-order valence-electron chi connectivity index (χ1n) is 15.7. The minimum absolute atomic E-state index is 0.826. The molecular weight excluding hydrogens is 541 g/mol. The lowest BCUT2D eigenvalue weighted by molar-refractivity contribution is 0.592. The number of aromatic nitrogens is 1. The summed E-state index contributed by atoms with van der Waals surface area (Å²) >= 11 is 0. The number of nitrogens with zero attached hydrogens (tertiary/aromatic N) is 1. The average molecular weight is 582 g/mol. The van der Waals surface area contributed by atoms with Crippen molar-refractivity contribution in [3.05, 3.63) is 139 Å². The third kappa shape index (κ3) is 5.77. The molecule has 0 aliphatic carbocycles. The van der Waals surface area contributed by atoms with E-state index in [0.29, 0.717) is 0 Å². The Balaban J connectivity index is 1.37. The highest BCUT2D eigenvalue weighted by molar-refractivity contribution is 7.85. The molecule has 0 amide bonds. The highest BCUT2D eigenvalue weighted by Crippen LogP contribution is 2.43. The fraction of sp³-hybridized carbons (Fsp3) is 0.200. The Kier molecular flexibility index (Phi) is 8.77. The molecule has 6 rings (SSSR count). The number of rotatable bonds is 12. The number of hydrogen-bond donors (Lipinski definition) is 0. The van der Waals surface area contributed by atoms with Crippen LogP contribution >= 0.6 is 7.14 Å². The van der Waals surface area contributed by atoms with Crippen LogP contribution in [0.4, 0.5) is 0 Å². The highest BCUT2D eigenvalue weighted by Gasteiger charge is 2.29. The molecule has 1 unspecified atom stereocenters. The number of unbranched alkanes of at least 4 members (excludes halogenated alkanes) is 5. The van der Waals surface area contributed by atoms with Crippen molar-refractivity contribution >= 4 is 50.9 Å². The summed E-state index contributed by atoms with van der Waals surface area (Å²) in [5.41, 5.74) is 5.88. The summed E-state index contributed by atoms with van der Waals surface area (Å²) in [6.07, 6.45) is 10.8. The quantitative estimate of drug-likeness (QED) is 0.104. The molecule has 5 aromatic carbocycles. The summed E-state index contributed by atoms with van der Waals surface area (Å²) in [5.74, 6) is 0. The highest BCUT2D eigenvalue weighted by atomic mass is 31.2. The van der Waals surface area contributed by atoms with Crippen LogP contribution in [0.1, 0.15) is 56.6 Å². The lowest BCUT2D eigenvalue weighted by atomic mass is 10.0. The van der Waals surface area contributed by atoms with E-state index in [1.165, 1.54) is 65.9 Å². The van der Waals surface area contributed by atoms with Gasteiger partial charge in [-0.25, -0.2) is 0 Å². The molecule has 2 nitrogen and oxygen atoms in total. The zero-order valence-electron chi connectivity index (χ0n) is 25.1. The molecule has 0 saturated heterocycles. The van der Waals surface area contributed by atoms with Gasteiger partial charge in [0.05, 0.1) is 11.0 Å². The van der Waals surface area contributed by atoms with Crippen LogP contribution in [0.15, 0.2) is 128 Å². The molecular formula is C40H40NOP. The summed E-state index contributed by atoms with van der Waals surface area (Å²) in [5, 5.41) is 5.05. The Hall–Kier alpha value is -4.13. The lowest BCUT2D eigenvalue weighted by Crippen LogP contribution is -2.25. The van der Waals surface area contributed by atoms with Crippen LogP contribution < -0.4 is 15.9 Å². The number of fused-ring (bicyclic) bond motifs is 3. The Morgan fingerprint density at radius 2 is 1.23 bits per heavy atom. The van der Waals surface area contributed by atoms with Crippen molar-refractivity contribution in [1.29, 1.82) is 0 Å². The van der Waals surface area contributed by atoms with Crippen molar-refractivity contribution in [2.45, 2.75) is 51.9 Å². The minimum Gasteiger partial charge on any atom is -0.309 e. The topological polar surface area (TPSA) is 22.0 Å². The van der Waals surface area contributed by atoms with E-state index in [4.69, 9.17) is 0 Å². The van der Waals surface area contributed by atoms with Crippen LogP contribution in [0.25, 0.3) is 33.6 Å². The molecule has 0 aliphatic rings. The van der Waals surface area contributed by atoms with Crippen LogP contribution in [-0.2, 0) is 11.0 Å².